The zero-order valence-electron chi connectivity index (χ0n) is 24.2. The van der Waals surface area contributed by atoms with Crippen molar-refractivity contribution in [1.82, 2.24) is 9.80 Å². The average Bonchev–Trinajstić information content (AvgIpc) is 3.01. The van der Waals surface area contributed by atoms with Gasteiger partial charge in [-0.25, -0.2) is 9.59 Å². The fourth-order valence-electron chi connectivity index (χ4n) is 5.13. The Balaban J connectivity index is 1.47. The summed E-state index contributed by atoms with van der Waals surface area (Å²) in [5, 5.41) is 0.954. The second-order valence-corrected chi connectivity index (χ2v) is 11.5. The fourth-order valence-corrected chi connectivity index (χ4v) is 5.45. The van der Waals surface area contributed by atoms with E-state index in [0.717, 1.165) is 32.4 Å². The Morgan fingerprint density at radius 1 is 0.932 bits per heavy atom. The molecule has 236 valence electrons. The predicted octanol–water partition coefficient (Wildman–Crippen LogP) is 7.80. The molecule has 12 heteroatoms. The standard InChI is InChI=1S/C32H34Cl2F3N3O4/c1-43-27-11-9-26(10-12-27)40(44-30(41)32(35,36)37)31(42)39(22-25-8-13-28(33)29(34)21-25)17-5-16-38-18-14-24(15-19-38)20-23-6-3-2-4-7-23/h2-4,6-13,21,24H,5,14-20,22H2,1H3. The summed E-state index contributed by atoms with van der Waals surface area (Å²) in [4.78, 5) is 34.0. The molecule has 0 bridgehead atoms. The number of carbonyl (C=O) groups excluding carboxylic acids is 2. The van der Waals surface area contributed by atoms with E-state index in [4.69, 9.17) is 27.9 Å². The minimum atomic E-state index is -5.31. The van der Waals surface area contributed by atoms with Crippen molar-refractivity contribution in [2.75, 3.05) is 38.4 Å². The molecule has 0 spiro atoms. The van der Waals surface area contributed by atoms with E-state index in [1.165, 1.54) is 41.8 Å². The molecule has 0 atom stereocenters. The Bertz CT molecular complexity index is 1390. The molecule has 7 nitrogen and oxygen atoms in total. The van der Waals surface area contributed by atoms with Crippen molar-refractivity contribution in [3.8, 4) is 5.75 Å². The van der Waals surface area contributed by atoms with E-state index in [9.17, 15) is 22.8 Å². The zero-order chi connectivity index (χ0) is 31.7. The largest absolute Gasteiger partial charge is 0.497 e. The average molecular weight is 653 g/mol. The van der Waals surface area contributed by atoms with Gasteiger partial charge in [-0.15, -0.1) is 5.06 Å². The Hall–Kier alpha value is -3.47. The smallest absolute Gasteiger partial charge is 0.493 e. The van der Waals surface area contributed by atoms with Crippen LogP contribution in [-0.2, 0) is 22.6 Å². The van der Waals surface area contributed by atoms with Gasteiger partial charge in [-0.05, 0) is 98.8 Å². The molecule has 2 amide bonds. The van der Waals surface area contributed by atoms with E-state index >= 15 is 0 Å². The molecular formula is C32H34Cl2F3N3O4. The molecule has 3 aromatic rings. The van der Waals surface area contributed by atoms with E-state index in [-0.39, 0.29) is 23.8 Å². The molecule has 3 aromatic carbocycles. The monoisotopic (exact) mass is 651 g/mol. The number of rotatable bonds is 10. The van der Waals surface area contributed by atoms with Crippen molar-refractivity contribution in [3.05, 3.63) is 94.0 Å². The number of anilines is 1. The van der Waals surface area contributed by atoms with Gasteiger partial charge in [0.25, 0.3) is 0 Å². The number of hydrogen-bond donors (Lipinski definition) is 0. The van der Waals surface area contributed by atoms with Gasteiger partial charge in [0, 0.05) is 13.1 Å². The number of piperidine rings is 1. The molecule has 1 aliphatic rings. The summed E-state index contributed by atoms with van der Waals surface area (Å²) in [6, 6.07) is 19.8. The lowest BCUT2D eigenvalue weighted by Gasteiger charge is -2.33. The van der Waals surface area contributed by atoms with Crippen molar-refractivity contribution in [3.63, 3.8) is 0 Å². The maximum atomic E-state index is 13.8. The first-order chi connectivity index (χ1) is 21.0. The third-order valence-electron chi connectivity index (χ3n) is 7.49. The number of hydrogen-bond acceptors (Lipinski definition) is 5. The Labute approximate surface area is 265 Å². The molecule has 4 rings (SSSR count). The van der Waals surface area contributed by atoms with Crippen LogP contribution in [-0.4, -0.2) is 61.3 Å². The van der Waals surface area contributed by atoms with Gasteiger partial charge < -0.3 is 19.4 Å². The summed E-state index contributed by atoms with van der Waals surface area (Å²) in [6.07, 6.45) is -1.62. The van der Waals surface area contributed by atoms with Gasteiger partial charge in [0.15, 0.2) is 0 Å². The number of carbonyl (C=O) groups is 2. The number of alkyl halides is 3. The molecule has 1 fully saturated rings. The molecule has 0 N–H and O–H groups in total. The van der Waals surface area contributed by atoms with Crippen LogP contribution in [0, 0.1) is 5.92 Å². The van der Waals surface area contributed by atoms with Crippen LogP contribution in [0.1, 0.15) is 30.4 Å². The number of halogens is 5. The second kappa shape index (κ2) is 15.5. The first-order valence-electron chi connectivity index (χ1n) is 14.3. The minimum Gasteiger partial charge on any atom is -0.497 e. The summed E-state index contributed by atoms with van der Waals surface area (Å²) < 4.78 is 44.8. The maximum Gasteiger partial charge on any atom is 0.493 e. The van der Waals surface area contributed by atoms with Crippen LogP contribution in [0.2, 0.25) is 10.0 Å². The van der Waals surface area contributed by atoms with Crippen LogP contribution in [0.15, 0.2) is 72.8 Å². The van der Waals surface area contributed by atoms with Crippen LogP contribution >= 0.6 is 23.2 Å². The van der Waals surface area contributed by atoms with E-state index < -0.39 is 18.2 Å². The first kappa shape index (κ1) is 33.4. The summed E-state index contributed by atoms with van der Waals surface area (Å²) >= 11 is 12.3. The molecule has 0 radical (unpaired) electrons. The van der Waals surface area contributed by atoms with Gasteiger partial charge in [0.05, 0.1) is 22.8 Å². The summed E-state index contributed by atoms with van der Waals surface area (Å²) in [7, 11) is 1.42. The number of urea groups is 1. The first-order valence-corrected chi connectivity index (χ1v) is 15.0. The van der Waals surface area contributed by atoms with E-state index in [0.29, 0.717) is 40.3 Å². The van der Waals surface area contributed by atoms with Crippen LogP contribution < -0.4 is 9.80 Å². The zero-order valence-corrected chi connectivity index (χ0v) is 25.7. The number of likely N-dealkylation sites (tertiary alicyclic amines) is 1. The lowest BCUT2D eigenvalue weighted by Crippen LogP contribution is -2.47. The third kappa shape index (κ3) is 9.51. The fraction of sp³-hybridized carbons (Fsp3) is 0.375. The highest BCUT2D eigenvalue weighted by molar-refractivity contribution is 6.42. The number of nitrogens with zero attached hydrogens (tertiary/aromatic N) is 3. The summed E-state index contributed by atoms with van der Waals surface area (Å²) in [5.41, 5.74) is 1.86. The van der Waals surface area contributed by atoms with Crippen LogP contribution in [0.3, 0.4) is 0 Å². The van der Waals surface area contributed by atoms with Crippen molar-refractivity contribution in [2.45, 2.75) is 38.4 Å². The number of ether oxygens (including phenoxy) is 1. The van der Waals surface area contributed by atoms with E-state index in [2.05, 4.69) is 34.0 Å². The molecule has 0 aromatic heterocycles. The highest BCUT2D eigenvalue weighted by atomic mass is 35.5. The second-order valence-electron chi connectivity index (χ2n) is 10.6. The molecule has 0 unspecified atom stereocenters. The topological polar surface area (TPSA) is 62.3 Å². The number of benzene rings is 3. The van der Waals surface area contributed by atoms with Crippen molar-refractivity contribution in [1.29, 1.82) is 0 Å². The van der Waals surface area contributed by atoms with Crippen LogP contribution in [0.25, 0.3) is 0 Å². The van der Waals surface area contributed by atoms with Gasteiger partial charge in [0.1, 0.15) is 5.75 Å². The van der Waals surface area contributed by atoms with Gasteiger partial charge in [-0.2, -0.15) is 13.2 Å². The maximum absolute atomic E-state index is 13.8. The van der Waals surface area contributed by atoms with Crippen molar-refractivity contribution in [2.24, 2.45) is 5.92 Å². The molecule has 44 heavy (non-hydrogen) atoms. The Kier molecular flexibility index (Phi) is 11.8. The number of methoxy groups -OCH3 is 1. The quantitative estimate of drug-likeness (QED) is 0.209. The molecule has 1 aliphatic heterocycles. The highest BCUT2D eigenvalue weighted by Gasteiger charge is 2.44. The van der Waals surface area contributed by atoms with Crippen molar-refractivity contribution < 1.29 is 32.3 Å². The number of amides is 2. The Morgan fingerprint density at radius 2 is 1.61 bits per heavy atom. The molecule has 1 heterocycles. The highest BCUT2D eigenvalue weighted by Crippen LogP contribution is 2.27. The SMILES string of the molecule is COc1ccc(N(OC(=O)C(F)(F)F)C(=O)N(CCCN2CCC(Cc3ccccc3)CC2)Cc2ccc(Cl)c(Cl)c2)cc1. The summed E-state index contributed by atoms with van der Waals surface area (Å²) in [6.45, 7) is 2.69. The van der Waals surface area contributed by atoms with Gasteiger partial charge in [0.2, 0.25) is 0 Å². The van der Waals surface area contributed by atoms with Gasteiger partial charge in [-0.3, -0.25) is 0 Å². The van der Waals surface area contributed by atoms with E-state index in [1.54, 1.807) is 18.2 Å². The minimum absolute atomic E-state index is 0.00883. The molecule has 0 aliphatic carbocycles. The molecule has 1 saturated heterocycles. The lowest BCUT2D eigenvalue weighted by atomic mass is 9.90. The van der Waals surface area contributed by atoms with Crippen LogP contribution in [0.5, 0.6) is 5.75 Å². The predicted molar refractivity (Wildman–Crippen MR) is 164 cm³/mol. The van der Waals surface area contributed by atoms with Gasteiger partial charge in [-0.1, -0.05) is 59.6 Å². The van der Waals surface area contributed by atoms with Crippen LogP contribution in [0.4, 0.5) is 23.7 Å². The molecule has 0 saturated carbocycles. The number of hydroxylamine groups is 1. The lowest BCUT2D eigenvalue weighted by molar-refractivity contribution is -0.200. The molecular weight excluding hydrogens is 618 g/mol. The summed E-state index contributed by atoms with van der Waals surface area (Å²) in [5.74, 6) is -1.51. The Morgan fingerprint density at radius 3 is 2.23 bits per heavy atom. The third-order valence-corrected chi connectivity index (χ3v) is 8.23. The van der Waals surface area contributed by atoms with E-state index in [1.807, 2.05) is 6.07 Å². The normalized spacial score (nSPS) is 14.2. The van der Waals surface area contributed by atoms with Gasteiger partial charge >= 0.3 is 18.2 Å². The van der Waals surface area contributed by atoms with Crippen molar-refractivity contribution >= 4 is 40.9 Å².